The number of likely N-dealkylation sites (tertiary alicyclic amines) is 1. The fourth-order valence-electron chi connectivity index (χ4n) is 2.52. The lowest BCUT2D eigenvalue weighted by molar-refractivity contribution is 0.0286. The summed E-state index contributed by atoms with van der Waals surface area (Å²) in [6.07, 6.45) is 0.493. The first-order chi connectivity index (χ1) is 9.74. The van der Waals surface area contributed by atoms with Crippen molar-refractivity contribution in [3.8, 4) is 5.75 Å². The Morgan fingerprint density at radius 2 is 1.95 bits per heavy atom. The highest BCUT2D eigenvalue weighted by atomic mass is 16.6. The van der Waals surface area contributed by atoms with E-state index in [-0.39, 0.29) is 23.8 Å². The van der Waals surface area contributed by atoms with E-state index in [1.807, 2.05) is 32.9 Å². The number of amides is 1. The minimum Gasteiger partial charge on any atom is -0.508 e. The van der Waals surface area contributed by atoms with E-state index in [1.54, 1.807) is 17.0 Å². The zero-order chi connectivity index (χ0) is 15.6. The average Bonchev–Trinajstić information content (AvgIpc) is 2.72. The van der Waals surface area contributed by atoms with Crippen molar-refractivity contribution in [2.24, 2.45) is 11.7 Å². The number of carbonyl (C=O) groups excluding carboxylic acids is 1. The fourth-order valence-corrected chi connectivity index (χ4v) is 2.52. The van der Waals surface area contributed by atoms with E-state index in [0.29, 0.717) is 13.1 Å². The largest absolute Gasteiger partial charge is 0.508 e. The van der Waals surface area contributed by atoms with E-state index < -0.39 is 5.60 Å². The van der Waals surface area contributed by atoms with Gasteiger partial charge in [-0.05, 0) is 50.8 Å². The highest BCUT2D eigenvalue weighted by Crippen LogP contribution is 2.23. The molecule has 0 aliphatic carbocycles. The molecule has 1 aromatic rings. The summed E-state index contributed by atoms with van der Waals surface area (Å²) < 4.78 is 5.38. The standard InChI is InChI=1S/C16H24N2O3/c1-16(2,3)21-15(20)18-9-12(14(17)10-18)8-11-4-6-13(19)7-5-11/h4-7,12,14,19H,8-10,17H2,1-3H3. The molecule has 21 heavy (non-hydrogen) atoms. The number of aromatic hydroxyl groups is 1. The molecule has 1 saturated heterocycles. The molecule has 116 valence electrons. The molecule has 3 N–H and O–H groups in total. The van der Waals surface area contributed by atoms with Crippen LogP contribution in [0.15, 0.2) is 24.3 Å². The number of phenols is 1. The Labute approximate surface area is 125 Å². The SMILES string of the molecule is CC(C)(C)OC(=O)N1CC(N)C(Cc2ccc(O)cc2)C1. The van der Waals surface area contributed by atoms with Gasteiger partial charge in [0.05, 0.1) is 0 Å². The summed E-state index contributed by atoms with van der Waals surface area (Å²) in [6, 6.07) is 7.06. The highest BCUT2D eigenvalue weighted by Gasteiger charge is 2.35. The van der Waals surface area contributed by atoms with Crippen LogP contribution in [0.25, 0.3) is 0 Å². The van der Waals surface area contributed by atoms with Crippen molar-refractivity contribution in [2.75, 3.05) is 13.1 Å². The number of nitrogens with two attached hydrogens (primary N) is 1. The zero-order valence-corrected chi connectivity index (χ0v) is 12.9. The summed E-state index contributed by atoms with van der Waals surface area (Å²) >= 11 is 0. The van der Waals surface area contributed by atoms with Crippen LogP contribution >= 0.6 is 0 Å². The number of nitrogens with zero attached hydrogens (tertiary/aromatic N) is 1. The van der Waals surface area contributed by atoms with Gasteiger partial charge in [0, 0.05) is 19.1 Å². The van der Waals surface area contributed by atoms with Gasteiger partial charge in [0.25, 0.3) is 0 Å². The molecule has 1 aliphatic heterocycles. The molecule has 1 aromatic carbocycles. The van der Waals surface area contributed by atoms with Gasteiger partial charge in [-0.2, -0.15) is 0 Å². The molecule has 0 spiro atoms. The molecule has 1 amide bonds. The van der Waals surface area contributed by atoms with Crippen molar-refractivity contribution in [2.45, 2.75) is 38.8 Å². The van der Waals surface area contributed by atoms with Gasteiger partial charge in [0.1, 0.15) is 11.4 Å². The minimum atomic E-state index is -0.490. The van der Waals surface area contributed by atoms with Gasteiger partial charge in [-0.15, -0.1) is 0 Å². The van der Waals surface area contributed by atoms with E-state index in [2.05, 4.69) is 0 Å². The van der Waals surface area contributed by atoms with Crippen molar-refractivity contribution < 1.29 is 14.6 Å². The topological polar surface area (TPSA) is 75.8 Å². The average molecular weight is 292 g/mol. The van der Waals surface area contributed by atoms with E-state index in [9.17, 15) is 9.90 Å². The molecule has 2 rings (SSSR count). The number of phenolic OH excluding ortho intramolecular Hbond substituents is 1. The van der Waals surface area contributed by atoms with Crippen molar-refractivity contribution >= 4 is 6.09 Å². The lowest BCUT2D eigenvalue weighted by Gasteiger charge is -2.24. The summed E-state index contributed by atoms with van der Waals surface area (Å²) in [6.45, 7) is 6.70. The molecular formula is C16H24N2O3. The van der Waals surface area contributed by atoms with E-state index in [1.165, 1.54) is 0 Å². The van der Waals surface area contributed by atoms with Gasteiger partial charge in [-0.1, -0.05) is 12.1 Å². The van der Waals surface area contributed by atoms with E-state index in [4.69, 9.17) is 10.5 Å². The summed E-state index contributed by atoms with van der Waals surface area (Å²) in [7, 11) is 0. The third-order valence-electron chi connectivity index (χ3n) is 3.58. The number of carbonyl (C=O) groups is 1. The van der Waals surface area contributed by atoms with Crippen LogP contribution in [0.4, 0.5) is 4.79 Å². The molecule has 0 saturated carbocycles. The number of ether oxygens (including phenoxy) is 1. The maximum Gasteiger partial charge on any atom is 0.410 e. The van der Waals surface area contributed by atoms with Crippen LogP contribution in [-0.2, 0) is 11.2 Å². The van der Waals surface area contributed by atoms with Crippen molar-refractivity contribution in [3.63, 3.8) is 0 Å². The molecule has 2 atom stereocenters. The van der Waals surface area contributed by atoms with Gasteiger partial charge in [-0.3, -0.25) is 0 Å². The molecule has 2 unspecified atom stereocenters. The third kappa shape index (κ3) is 4.36. The second-order valence-electron chi connectivity index (χ2n) is 6.68. The van der Waals surface area contributed by atoms with Crippen LogP contribution in [0, 0.1) is 5.92 Å². The van der Waals surface area contributed by atoms with E-state index in [0.717, 1.165) is 12.0 Å². The summed E-state index contributed by atoms with van der Waals surface area (Å²) in [4.78, 5) is 13.7. The van der Waals surface area contributed by atoms with Crippen molar-refractivity contribution in [1.82, 2.24) is 4.90 Å². The maximum atomic E-state index is 12.1. The molecular weight excluding hydrogens is 268 g/mol. The number of hydrogen-bond acceptors (Lipinski definition) is 4. The van der Waals surface area contributed by atoms with Crippen LogP contribution in [0.5, 0.6) is 5.75 Å². The predicted molar refractivity (Wildman–Crippen MR) is 81.1 cm³/mol. The fraction of sp³-hybridized carbons (Fsp3) is 0.562. The summed E-state index contributed by atoms with van der Waals surface area (Å²) in [5.41, 5.74) is 6.77. The van der Waals surface area contributed by atoms with Gasteiger partial charge < -0.3 is 20.5 Å². The van der Waals surface area contributed by atoms with Crippen molar-refractivity contribution in [3.05, 3.63) is 29.8 Å². The first-order valence-corrected chi connectivity index (χ1v) is 7.26. The Kier molecular flexibility index (Phi) is 4.42. The van der Waals surface area contributed by atoms with Crippen LogP contribution in [0.1, 0.15) is 26.3 Å². The first kappa shape index (κ1) is 15.6. The van der Waals surface area contributed by atoms with Crippen LogP contribution in [-0.4, -0.2) is 40.8 Å². The number of rotatable bonds is 2. The smallest absolute Gasteiger partial charge is 0.410 e. The molecule has 0 aromatic heterocycles. The molecule has 0 bridgehead atoms. The van der Waals surface area contributed by atoms with Crippen molar-refractivity contribution in [1.29, 1.82) is 0 Å². The third-order valence-corrected chi connectivity index (χ3v) is 3.58. The second kappa shape index (κ2) is 5.93. The Morgan fingerprint density at radius 1 is 1.33 bits per heavy atom. The lowest BCUT2D eigenvalue weighted by Crippen LogP contribution is -2.36. The molecule has 1 fully saturated rings. The lowest BCUT2D eigenvalue weighted by atomic mass is 9.95. The second-order valence-corrected chi connectivity index (χ2v) is 6.68. The van der Waals surface area contributed by atoms with Gasteiger partial charge in [0.2, 0.25) is 0 Å². The maximum absolute atomic E-state index is 12.1. The summed E-state index contributed by atoms with van der Waals surface area (Å²) in [5, 5.41) is 9.30. The molecule has 0 radical (unpaired) electrons. The Morgan fingerprint density at radius 3 is 2.52 bits per heavy atom. The quantitative estimate of drug-likeness (QED) is 0.875. The zero-order valence-electron chi connectivity index (χ0n) is 12.9. The van der Waals surface area contributed by atoms with Gasteiger partial charge in [-0.25, -0.2) is 4.79 Å². The number of benzene rings is 1. The monoisotopic (exact) mass is 292 g/mol. The van der Waals surface area contributed by atoms with Crippen LogP contribution in [0.2, 0.25) is 0 Å². The van der Waals surface area contributed by atoms with E-state index >= 15 is 0 Å². The van der Waals surface area contributed by atoms with Gasteiger partial charge >= 0.3 is 6.09 Å². The Bertz CT molecular complexity index is 493. The number of hydrogen-bond donors (Lipinski definition) is 2. The normalized spacial score (nSPS) is 22.4. The minimum absolute atomic E-state index is 0.0497. The highest BCUT2D eigenvalue weighted by molar-refractivity contribution is 5.68. The molecule has 5 nitrogen and oxygen atoms in total. The van der Waals surface area contributed by atoms with Gasteiger partial charge in [0.15, 0.2) is 0 Å². The summed E-state index contributed by atoms with van der Waals surface area (Å²) in [5.74, 6) is 0.465. The molecule has 1 aliphatic rings. The Balaban J connectivity index is 1.94. The molecule has 5 heteroatoms. The van der Waals surface area contributed by atoms with Crippen LogP contribution in [0.3, 0.4) is 0 Å². The predicted octanol–water partition coefficient (Wildman–Crippen LogP) is 2.13. The van der Waals surface area contributed by atoms with Crippen LogP contribution < -0.4 is 5.73 Å². The molecule has 1 heterocycles. The first-order valence-electron chi connectivity index (χ1n) is 7.26. The Hall–Kier alpha value is -1.75.